The summed E-state index contributed by atoms with van der Waals surface area (Å²) >= 11 is 0. The molecule has 0 unspecified atom stereocenters. The van der Waals surface area contributed by atoms with Crippen molar-refractivity contribution in [1.82, 2.24) is 10.3 Å². The number of rotatable bonds is 7. The van der Waals surface area contributed by atoms with Crippen LogP contribution >= 0.6 is 0 Å². The molecule has 0 saturated heterocycles. The Hall–Kier alpha value is -2.56. The number of benzene rings is 1. The highest BCUT2D eigenvalue weighted by Gasteiger charge is 2.08. The van der Waals surface area contributed by atoms with E-state index >= 15 is 0 Å². The van der Waals surface area contributed by atoms with Crippen molar-refractivity contribution in [1.29, 1.82) is 0 Å². The lowest BCUT2D eigenvalue weighted by Gasteiger charge is -2.21. The van der Waals surface area contributed by atoms with Crippen molar-refractivity contribution in [3.63, 3.8) is 0 Å². The van der Waals surface area contributed by atoms with Gasteiger partial charge in [0.25, 0.3) is 5.91 Å². The molecule has 2 rings (SSSR count). The zero-order chi connectivity index (χ0) is 17.5. The summed E-state index contributed by atoms with van der Waals surface area (Å²) in [6, 6.07) is 10.2. The minimum Gasteiger partial charge on any atom is -0.372 e. The molecule has 1 amide bonds. The minimum atomic E-state index is -0.113. The van der Waals surface area contributed by atoms with Crippen LogP contribution < -0.4 is 15.5 Å². The van der Waals surface area contributed by atoms with Crippen molar-refractivity contribution < 1.29 is 4.79 Å². The van der Waals surface area contributed by atoms with E-state index in [4.69, 9.17) is 0 Å². The molecule has 0 fully saturated rings. The second-order valence-electron chi connectivity index (χ2n) is 5.93. The van der Waals surface area contributed by atoms with Crippen molar-refractivity contribution in [3.8, 4) is 0 Å². The number of hydrogen-bond donors (Lipinski definition) is 2. The Balaban J connectivity index is 2.09. The molecule has 0 saturated carbocycles. The Morgan fingerprint density at radius 2 is 1.75 bits per heavy atom. The van der Waals surface area contributed by atoms with Gasteiger partial charge in [-0.2, -0.15) is 0 Å². The van der Waals surface area contributed by atoms with Gasteiger partial charge in [0.1, 0.15) is 0 Å². The topological polar surface area (TPSA) is 57.3 Å². The van der Waals surface area contributed by atoms with Crippen molar-refractivity contribution in [2.75, 3.05) is 23.3 Å². The maximum absolute atomic E-state index is 12.1. The quantitative estimate of drug-likeness (QED) is 0.812. The number of amides is 1. The van der Waals surface area contributed by atoms with Gasteiger partial charge < -0.3 is 15.5 Å². The van der Waals surface area contributed by atoms with Gasteiger partial charge in [-0.1, -0.05) is 0 Å². The zero-order valence-corrected chi connectivity index (χ0v) is 14.8. The summed E-state index contributed by atoms with van der Waals surface area (Å²) < 4.78 is 0. The van der Waals surface area contributed by atoms with Gasteiger partial charge >= 0.3 is 0 Å². The molecule has 0 atom stereocenters. The molecule has 1 heterocycles. The Morgan fingerprint density at radius 3 is 2.33 bits per heavy atom. The lowest BCUT2D eigenvalue weighted by atomic mass is 10.2. The fraction of sp³-hybridized carbons (Fsp3) is 0.368. The highest BCUT2D eigenvalue weighted by atomic mass is 16.1. The van der Waals surface area contributed by atoms with Gasteiger partial charge in [0.05, 0.1) is 17.4 Å². The van der Waals surface area contributed by atoms with E-state index in [0.29, 0.717) is 5.56 Å². The summed E-state index contributed by atoms with van der Waals surface area (Å²) in [4.78, 5) is 18.5. The summed E-state index contributed by atoms with van der Waals surface area (Å²) in [7, 11) is 0. The average Bonchev–Trinajstić information content (AvgIpc) is 2.57. The van der Waals surface area contributed by atoms with Gasteiger partial charge in [-0.15, -0.1) is 0 Å². The fourth-order valence-electron chi connectivity index (χ4n) is 2.49. The van der Waals surface area contributed by atoms with E-state index in [2.05, 4.69) is 46.5 Å². The lowest BCUT2D eigenvalue weighted by Crippen LogP contribution is -2.30. The van der Waals surface area contributed by atoms with E-state index in [9.17, 15) is 4.79 Å². The molecular formula is C19H26N4O. The number of carbonyl (C=O) groups is 1. The molecule has 0 bridgehead atoms. The molecule has 128 valence electrons. The van der Waals surface area contributed by atoms with Gasteiger partial charge in [-0.05, 0) is 58.0 Å². The van der Waals surface area contributed by atoms with E-state index in [1.807, 2.05) is 32.0 Å². The minimum absolute atomic E-state index is 0.0988. The van der Waals surface area contributed by atoms with Crippen LogP contribution in [0.4, 0.5) is 17.1 Å². The standard InChI is InChI=1S/C19H26N4O/c1-5-23(6-2)18-9-7-16(8-10-18)22-17-11-15(12-20-13-17)19(24)21-14(3)4/h7-14,22H,5-6H2,1-4H3,(H,21,24). The summed E-state index contributed by atoms with van der Waals surface area (Å²) in [5.74, 6) is -0.113. The molecule has 1 aromatic carbocycles. The van der Waals surface area contributed by atoms with Crippen molar-refractivity contribution in [2.24, 2.45) is 0 Å². The van der Waals surface area contributed by atoms with Crippen LogP contribution in [0.25, 0.3) is 0 Å². The first kappa shape index (κ1) is 17.8. The Kier molecular flexibility index (Phi) is 6.18. The molecule has 0 aliphatic carbocycles. The zero-order valence-electron chi connectivity index (χ0n) is 14.8. The maximum Gasteiger partial charge on any atom is 0.253 e. The third-order valence-electron chi connectivity index (χ3n) is 3.70. The number of nitrogens with zero attached hydrogens (tertiary/aromatic N) is 2. The second-order valence-corrected chi connectivity index (χ2v) is 5.93. The van der Waals surface area contributed by atoms with E-state index in [1.165, 1.54) is 5.69 Å². The first-order chi connectivity index (χ1) is 11.5. The van der Waals surface area contributed by atoms with E-state index in [0.717, 1.165) is 24.5 Å². The molecule has 5 heteroatoms. The summed E-state index contributed by atoms with van der Waals surface area (Å²) in [6.45, 7) is 10.1. The number of pyridine rings is 1. The number of carbonyl (C=O) groups excluding carboxylic acids is 1. The van der Waals surface area contributed by atoms with Crippen LogP contribution in [0, 0.1) is 0 Å². The molecular weight excluding hydrogens is 300 g/mol. The largest absolute Gasteiger partial charge is 0.372 e. The van der Waals surface area contributed by atoms with Crippen molar-refractivity contribution >= 4 is 23.0 Å². The Labute approximate surface area is 144 Å². The molecule has 5 nitrogen and oxygen atoms in total. The molecule has 2 aromatic rings. The molecule has 0 spiro atoms. The first-order valence-corrected chi connectivity index (χ1v) is 8.41. The predicted molar refractivity (Wildman–Crippen MR) is 100 cm³/mol. The summed E-state index contributed by atoms with van der Waals surface area (Å²) in [5, 5.41) is 6.16. The van der Waals surface area contributed by atoms with Gasteiger partial charge in [0.2, 0.25) is 0 Å². The maximum atomic E-state index is 12.1. The van der Waals surface area contributed by atoms with Gasteiger partial charge in [-0.25, -0.2) is 0 Å². The second kappa shape index (κ2) is 8.34. The van der Waals surface area contributed by atoms with Crippen LogP contribution in [0.1, 0.15) is 38.1 Å². The number of nitrogens with one attached hydrogen (secondary N) is 2. The Morgan fingerprint density at radius 1 is 1.08 bits per heavy atom. The molecule has 24 heavy (non-hydrogen) atoms. The number of anilines is 3. The van der Waals surface area contributed by atoms with Crippen LogP contribution in [-0.4, -0.2) is 30.0 Å². The Bertz CT molecular complexity index is 663. The lowest BCUT2D eigenvalue weighted by molar-refractivity contribution is 0.0943. The van der Waals surface area contributed by atoms with Crippen molar-refractivity contribution in [2.45, 2.75) is 33.7 Å². The smallest absolute Gasteiger partial charge is 0.253 e. The SMILES string of the molecule is CCN(CC)c1ccc(Nc2cncc(C(=O)NC(C)C)c2)cc1. The molecule has 0 radical (unpaired) electrons. The normalized spacial score (nSPS) is 10.5. The van der Waals surface area contributed by atoms with Gasteiger partial charge in [0.15, 0.2) is 0 Å². The van der Waals surface area contributed by atoms with E-state index in [-0.39, 0.29) is 11.9 Å². The predicted octanol–water partition coefficient (Wildman–Crippen LogP) is 3.81. The highest BCUT2D eigenvalue weighted by molar-refractivity contribution is 5.95. The van der Waals surface area contributed by atoms with Gasteiger partial charge in [-0.3, -0.25) is 9.78 Å². The highest BCUT2D eigenvalue weighted by Crippen LogP contribution is 2.21. The van der Waals surface area contributed by atoms with Crippen LogP contribution in [0.15, 0.2) is 42.7 Å². The average molecular weight is 326 g/mol. The van der Waals surface area contributed by atoms with E-state index in [1.54, 1.807) is 12.4 Å². The third-order valence-corrected chi connectivity index (χ3v) is 3.70. The van der Waals surface area contributed by atoms with Crippen LogP contribution in [0.2, 0.25) is 0 Å². The number of hydrogen-bond acceptors (Lipinski definition) is 4. The van der Waals surface area contributed by atoms with Gasteiger partial charge in [0, 0.05) is 36.7 Å². The van der Waals surface area contributed by atoms with Crippen LogP contribution in [0.5, 0.6) is 0 Å². The van der Waals surface area contributed by atoms with Crippen LogP contribution in [0.3, 0.4) is 0 Å². The molecule has 1 aromatic heterocycles. The fourth-order valence-corrected chi connectivity index (χ4v) is 2.49. The molecule has 2 N–H and O–H groups in total. The third kappa shape index (κ3) is 4.72. The van der Waals surface area contributed by atoms with Crippen LogP contribution in [-0.2, 0) is 0 Å². The van der Waals surface area contributed by atoms with E-state index < -0.39 is 0 Å². The first-order valence-electron chi connectivity index (χ1n) is 8.41. The molecule has 0 aliphatic rings. The van der Waals surface area contributed by atoms with Crippen molar-refractivity contribution in [3.05, 3.63) is 48.3 Å². The summed E-state index contributed by atoms with van der Waals surface area (Å²) in [5.41, 5.74) is 3.51. The summed E-state index contributed by atoms with van der Waals surface area (Å²) in [6.07, 6.45) is 3.29. The number of aromatic nitrogens is 1. The molecule has 0 aliphatic heterocycles. The monoisotopic (exact) mass is 326 g/mol.